The van der Waals surface area contributed by atoms with E-state index in [0.717, 1.165) is 49.4 Å². The lowest BCUT2D eigenvalue weighted by atomic mass is 9.47. The van der Waals surface area contributed by atoms with E-state index in [9.17, 15) is 14.7 Å². The van der Waals surface area contributed by atoms with Gasteiger partial charge in [-0.2, -0.15) is 0 Å². The van der Waals surface area contributed by atoms with E-state index in [1.54, 1.807) is 5.57 Å². The number of hydrogen-bond acceptors (Lipinski definition) is 3. The molecule has 34 heavy (non-hydrogen) atoms. The summed E-state index contributed by atoms with van der Waals surface area (Å²) < 4.78 is 0. The number of fused-ring (bicyclic) bond motifs is 5. The number of allylic oxidation sites excluding steroid dienone is 1. The molecular weight excluding hydrogens is 424 g/mol. The molecule has 0 radical (unpaired) electrons. The van der Waals surface area contributed by atoms with E-state index in [2.05, 4.69) is 32.2 Å². The van der Waals surface area contributed by atoms with Gasteiger partial charge in [0, 0.05) is 26.4 Å². The summed E-state index contributed by atoms with van der Waals surface area (Å²) in [5.74, 6) is 3.95. The highest BCUT2D eigenvalue weighted by Crippen LogP contribution is 2.67. The van der Waals surface area contributed by atoms with Gasteiger partial charge >= 0.3 is 0 Å². The fraction of sp³-hybridized carbons (Fsp3) is 0.862. The summed E-state index contributed by atoms with van der Waals surface area (Å²) in [4.78, 5) is 25.8. The van der Waals surface area contributed by atoms with Gasteiger partial charge in [0.15, 0.2) is 0 Å². The van der Waals surface area contributed by atoms with Crippen LogP contribution >= 0.6 is 0 Å². The number of nitrogens with one attached hydrogen (secondary N) is 1. The Balaban J connectivity index is 1.19. The number of amides is 2. The fourth-order valence-electron chi connectivity index (χ4n) is 9.39. The molecule has 0 bridgehead atoms. The van der Waals surface area contributed by atoms with Crippen molar-refractivity contribution in [3.63, 3.8) is 0 Å². The lowest BCUT2D eigenvalue weighted by Gasteiger charge is -2.58. The van der Waals surface area contributed by atoms with Crippen molar-refractivity contribution in [1.82, 2.24) is 10.2 Å². The number of carbonyl (C=O) groups excluding carboxylic acids is 2. The molecule has 5 nitrogen and oxygen atoms in total. The Kier molecular flexibility index (Phi) is 6.40. The Morgan fingerprint density at radius 1 is 1.15 bits per heavy atom. The summed E-state index contributed by atoms with van der Waals surface area (Å²) in [6.45, 7) is 10.4. The molecule has 0 aromatic heterocycles. The van der Waals surface area contributed by atoms with Gasteiger partial charge in [0.25, 0.3) is 0 Å². The van der Waals surface area contributed by atoms with Gasteiger partial charge in [0.1, 0.15) is 0 Å². The highest BCUT2D eigenvalue weighted by Gasteiger charge is 2.59. The molecule has 4 aliphatic carbocycles. The van der Waals surface area contributed by atoms with Gasteiger partial charge in [-0.25, -0.2) is 0 Å². The number of rotatable bonds is 5. The zero-order chi connectivity index (χ0) is 24.3. The van der Waals surface area contributed by atoms with Gasteiger partial charge in [-0.3, -0.25) is 9.59 Å². The molecule has 0 aromatic rings. The molecule has 4 fully saturated rings. The monoisotopic (exact) mass is 470 g/mol. The van der Waals surface area contributed by atoms with Crippen LogP contribution in [0.25, 0.3) is 0 Å². The van der Waals surface area contributed by atoms with Gasteiger partial charge in [0.2, 0.25) is 11.8 Å². The van der Waals surface area contributed by atoms with Crippen molar-refractivity contribution < 1.29 is 14.7 Å². The van der Waals surface area contributed by atoms with Crippen molar-refractivity contribution in [1.29, 1.82) is 0 Å². The average Bonchev–Trinajstić information content (AvgIpc) is 3.11. The third-order valence-corrected chi connectivity index (χ3v) is 11.3. The second kappa shape index (κ2) is 8.94. The lowest BCUT2D eigenvalue weighted by molar-refractivity contribution is -0.138. The average molecular weight is 471 g/mol. The maximum atomic E-state index is 12.7. The van der Waals surface area contributed by atoms with Crippen molar-refractivity contribution in [2.24, 2.45) is 40.4 Å². The maximum absolute atomic E-state index is 12.7. The minimum absolute atomic E-state index is 0.00998. The second-order valence-corrected chi connectivity index (χ2v) is 13.1. The predicted molar refractivity (Wildman–Crippen MR) is 134 cm³/mol. The van der Waals surface area contributed by atoms with E-state index < -0.39 is 0 Å². The quantitative estimate of drug-likeness (QED) is 0.573. The topological polar surface area (TPSA) is 69.6 Å². The molecule has 0 spiro atoms. The first-order valence-electron chi connectivity index (χ1n) is 14.0. The Morgan fingerprint density at radius 2 is 1.91 bits per heavy atom. The molecule has 0 aromatic carbocycles. The molecule has 1 heterocycles. The van der Waals surface area contributed by atoms with Crippen LogP contribution < -0.4 is 5.32 Å². The molecule has 5 aliphatic rings. The molecule has 1 aliphatic heterocycles. The third-order valence-electron chi connectivity index (χ3n) is 11.3. The SMILES string of the molecule is CC(=O)NC1CN(C(=O)CCC(C)[C@H]2CC[C@H]3[C@@H]4CC=C5C[C@@H](O)CC[C@]5(C)[C@H]4CC[C@]23C)C1. The van der Waals surface area contributed by atoms with E-state index in [4.69, 9.17) is 0 Å². The molecule has 2 N–H and O–H groups in total. The number of aliphatic hydroxyl groups excluding tert-OH is 1. The van der Waals surface area contributed by atoms with Crippen molar-refractivity contribution in [2.45, 2.75) is 104 Å². The van der Waals surface area contributed by atoms with Crippen molar-refractivity contribution in [3.8, 4) is 0 Å². The fourth-order valence-corrected chi connectivity index (χ4v) is 9.39. The zero-order valence-electron chi connectivity index (χ0n) is 21.8. The van der Waals surface area contributed by atoms with Crippen LogP contribution in [0, 0.1) is 40.4 Å². The Morgan fingerprint density at radius 3 is 2.65 bits per heavy atom. The van der Waals surface area contributed by atoms with Crippen molar-refractivity contribution >= 4 is 11.8 Å². The largest absolute Gasteiger partial charge is 0.393 e. The first-order chi connectivity index (χ1) is 16.1. The summed E-state index contributed by atoms with van der Waals surface area (Å²) in [6, 6.07) is 0.142. The van der Waals surface area contributed by atoms with Gasteiger partial charge in [-0.15, -0.1) is 0 Å². The number of aliphatic hydroxyl groups is 1. The molecule has 8 atom stereocenters. The molecule has 2 amide bonds. The Hall–Kier alpha value is -1.36. The van der Waals surface area contributed by atoms with Crippen molar-refractivity contribution in [3.05, 3.63) is 11.6 Å². The smallest absolute Gasteiger partial charge is 0.222 e. The first-order valence-corrected chi connectivity index (χ1v) is 14.0. The minimum atomic E-state index is -0.128. The van der Waals surface area contributed by atoms with Crippen LogP contribution in [0.4, 0.5) is 0 Å². The summed E-state index contributed by atoms with van der Waals surface area (Å²) in [7, 11) is 0. The first kappa shape index (κ1) is 24.3. The van der Waals surface area contributed by atoms with Crippen LogP contribution in [0.2, 0.25) is 0 Å². The zero-order valence-corrected chi connectivity index (χ0v) is 21.8. The summed E-state index contributed by atoms with van der Waals surface area (Å²) >= 11 is 0. The molecule has 5 heteroatoms. The molecule has 190 valence electrons. The summed E-state index contributed by atoms with van der Waals surface area (Å²) in [6.07, 6.45) is 13.6. The van der Waals surface area contributed by atoms with Crippen LogP contribution in [0.15, 0.2) is 11.6 Å². The molecule has 3 saturated carbocycles. The van der Waals surface area contributed by atoms with Crippen molar-refractivity contribution in [2.75, 3.05) is 13.1 Å². The van der Waals surface area contributed by atoms with E-state index in [1.165, 1.54) is 39.0 Å². The summed E-state index contributed by atoms with van der Waals surface area (Å²) in [5, 5.41) is 13.2. The van der Waals surface area contributed by atoms with Gasteiger partial charge in [-0.1, -0.05) is 32.4 Å². The second-order valence-electron chi connectivity index (χ2n) is 13.1. The Bertz CT molecular complexity index is 848. The van der Waals surface area contributed by atoms with Crippen LogP contribution in [0.5, 0.6) is 0 Å². The van der Waals surface area contributed by atoms with E-state index in [1.807, 2.05) is 4.90 Å². The van der Waals surface area contributed by atoms with Gasteiger partial charge in [0.05, 0.1) is 12.1 Å². The highest BCUT2D eigenvalue weighted by molar-refractivity contribution is 5.78. The Labute approximate surface area is 206 Å². The van der Waals surface area contributed by atoms with Crippen LogP contribution in [-0.2, 0) is 9.59 Å². The van der Waals surface area contributed by atoms with E-state index >= 15 is 0 Å². The van der Waals surface area contributed by atoms with Crippen LogP contribution in [0.3, 0.4) is 0 Å². The number of nitrogens with zero attached hydrogens (tertiary/aromatic N) is 1. The van der Waals surface area contributed by atoms with E-state index in [-0.39, 0.29) is 24.0 Å². The summed E-state index contributed by atoms with van der Waals surface area (Å²) in [5.41, 5.74) is 2.28. The van der Waals surface area contributed by atoms with Crippen LogP contribution in [-0.4, -0.2) is 47.1 Å². The van der Waals surface area contributed by atoms with Gasteiger partial charge in [-0.05, 0) is 98.2 Å². The predicted octanol–water partition coefficient (Wildman–Crippen LogP) is 4.69. The number of hydrogen-bond donors (Lipinski definition) is 2. The van der Waals surface area contributed by atoms with E-state index in [0.29, 0.717) is 36.3 Å². The lowest BCUT2D eigenvalue weighted by Crippen LogP contribution is -2.60. The molecule has 1 saturated heterocycles. The number of likely N-dealkylation sites (tertiary alicyclic amines) is 1. The normalized spacial score (nSPS) is 42.6. The molecule has 5 rings (SSSR count). The number of carbonyl (C=O) groups is 2. The standard InChI is InChI=1S/C29H46N2O3/c1-18(5-10-27(34)31-16-21(17-31)30-19(2)32)24-8-9-25-23-7-6-20-15-22(33)11-13-28(20,3)26(23)12-14-29(24,25)4/h6,18,21-26,33H,5,7-17H2,1-4H3,(H,30,32)/t18?,22-,23-,24+,25-,26-,28-,29+/m0/s1. The highest BCUT2D eigenvalue weighted by atomic mass is 16.3. The maximum Gasteiger partial charge on any atom is 0.222 e. The molecular formula is C29H46N2O3. The molecule has 1 unspecified atom stereocenters. The third kappa shape index (κ3) is 4.04. The minimum Gasteiger partial charge on any atom is -0.393 e. The van der Waals surface area contributed by atoms with Gasteiger partial charge < -0.3 is 15.3 Å². The van der Waals surface area contributed by atoms with Crippen LogP contribution in [0.1, 0.15) is 91.9 Å².